The molecule has 3 nitrogen and oxygen atoms in total. The summed E-state index contributed by atoms with van der Waals surface area (Å²) in [6.45, 7) is 1.44. The summed E-state index contributed by atoms with van der Waals surface area (Å²) in [5.74, 6) is -0.545. The van der Waals surface area contributed by atoms with Crippen molar-refractivity contribution in [2.24, 2.45) is 5.73 Å². The average Bonchev–Trinajstić information content (AvgIpc) is 2.15. The van der Waals surface area contributed by atoms with Gasteiger partial charge in [0.15, 0.2) is 0 Å². The maximum Gasteiger partial charge on any atom is 0.416 e. The summed E-state index contributed by atoms with van der Waals surface area (Å²) >= 11 is 2.95. The van der Waals surface area contributed by atoms with Crippen LogP contribution in [0.25, 0.3) is 0 Å². The lowest BCUT2D eigenvalue weighted by Gasteiger charge is -2.12. The molecular formula is C10H11BrClF3N2O. The van der Waals surface area contributed by atoms with E-state index in [2.05, 4.69) is 21.2 Å². The molecule has 0 saturated carbocycles. The molecular weight excluding hydrogens is 336 g/mol. The van der Waals surface area contributed by atoms with Crippen molar-refractivity contribution in [3.05, 3.63) is 28.2 Å². The van der Waals surface area contributed by atoms with E-state index in [0.717, 1.165) is 12.1 Å². The van der Waals surface area contributed by atoms with E-state index in [9.17, 15) is 18.0 Å². The van der Waals surface area contributed by atoms with E-state index >= 15 is 0 Å². The summed E-state index contributed by atoms with van der Waals surface area (Å²) in [7, 11) is 0. The van der Waals surface area contributed by atoms with Crippen LogP contribution in [0, 0.1) is 0 Å². The molecule has 0 aromatic heterocycles. The first kappa shape index (κ1) is 17.2. The molecule has 3 N–H and O–H groups in total. The van der Waals surface area contributed by atoms with Gasteiger partial charge in [-0.2, -0.15) is 13.2 Å². The number of amides is 1. The van der Waals surface area contributed by atoms with Crippen molar-refractivity contribution in [3.63, 3.8) is 0 Å². The van der Waals surface area contributed by atoms with Gasteiger partial charge >= 0.3 is 6.18 Å². The lowest BCUT2D eigenvalue weighted by molar-refractivity contribution is -0.137. The Morgan fingerprint density at radius 1 is 1.39 bits per heavy atom. The normalized spacial score (nSPS) is 12.6. The van der Waals surface area contributed by atoms with E-state index in [0.29, 0.717) is 0 Å². The Hall–Kier alpha value is -0.790. The SMILES string of the molecule is C[C@@H](N)C(=O)Nc1cc(Br)cc(C(F)(F)F)c1.Cl. The van der Waals surface area contributed by atoms with Crippen LogP contribution in [0.3, 0.4) is 0 Å². The summed E-state index contributed by atoms with van der Waals surface area (Å²) < 4.78 is 37.7. The molecule has 0 heterocycles. The Labute approximate surface area is 116 Å². The van der Waals surface area contributed by atoms with E-state index in [1.54, 1.807) is 0 Å². The third-order valence-electron chi connectivity index (χ3n) is 1.91. The summed E-state index contributed by atoms with van der Waals surface area (Å²) in [4.78, 5) is 11.3. The second-order valence-corrected chi connectivity index (χ2v) is 4.42. The predicted molar refractivity (Wildman–Crippen MR) is 68.7 cm³/mol. The zero-order valence-electron chi connectivity index (χ0n) is 9.22. The van der Waals surface area contributed by atoms with E-state index in [4.69, 9.17) is 5.73 Å². The number of rotatable bonds is 2. The number of carbonyl (C=O) groups excluding carboxylic acids is 1. The van der Waals surface area contributed by atoms with Gasteiger partial charge < -0.3 is 11.1 Å². The fourth-order valence-electron chi connectivity index (χ4n) is 1.08. The minimum Gasteiger partial charge on any atom is -0.325 e. The van der Waals surface area contributed by atoms with Gasteiger partial charge in [-0.3, -0.25) is 4.79 Å². The van der Waals surface area contributed by atoms with Crippen molar-refractivity contribution in [2.45, 2.75) is 19.1 Å². The summed E-state index contributed by atoms with van der Waals surface area (Å²) in [5, 5.41) is 2.30. The Balaban J connectivity index is 0.00000289. The van der Waals surface area contributed by atoms with Gasteiger partial charge in [0.1, 0.15) is 0 Å². The molecule has 102 valence electrons. The Kier molecular flexibility index (Phi) is 6.12. The number of alkyl halides is 3. The van der Waals surface area contributed by atoms with Crippen LogP contribution >= 0.6 is 28.3 Å². The number of benzene rings is 1. The molecule has 0 unspecified atom stereocenters. The van der Waals surface area contributed by atoms with E-state index in [-0.39, 0.29) is 22.6 Å². The molecule has 0 bridgehead atoms. The van der Waals surface area contributed by atoms with Crippen LogP contribution in [0.1, 0.15) is 12.5 Å². The van der Waals surface area contributed by atoms with Crippen LogP contribution in [0.15, 0.2) is 22.7 Å². The van der Waals surface area contributed by atoms with Crippen LogP contribution < -0.4 is 11.1 Å². The number of halogens is 5. The van der Waals surface area contributed by atoms with Crippen molar-refractivity contribution in [2.75, 3.05) is 5.32 Å². The van der Waals surface area contributed by atoms with Crippen molar-refractivity contribution in [1.82, 2.24) is 0 Å². The van der Waals surface area contributed by atoms with Crippen molar-refractivity contribution in [3.8, 4) is 0 Å². The number of carbonyl (C=O) groups is 1. The second-order valence-electron chi connectivity index (χ2n) is 3.50. The number of nitrogens with two attached hydrogens (primary N) is 1. The fourth-order valence-corrected chi connectivity index (χ4v) is 1.57. The number of anilines is 1. The molecule has 0 saturated heterocycles. The van der Waals surface area contributed by atoms with Gasteiger partial charge in [-0.05, 0) is 25.1 Å². The van der Waals surface area contributed by atoms with Gasteiger partial charge in [-0.25, -0.2) is 0 Å². The minimum atomic E-state index is -4.46. The van der Waals surface area contributed by atoms with Gasteiger partial charge in [0.25, 0.3) is 0 Å². The smallest absolute Gasteiger partial charge is 0.325 e. The third kappa shape index (κ3) is 4.83. The maximum atomic E-state index is 12.5. The highest BCUT2D eigenvalue weighted by atomic mass is 79.9. The quantitative estimate of drug-likeness (QED) is 0.863. The minimum absolute atomic E-state index is 0. The molecule has 0 radical (unpaired) electrons. The highest BCUT2D eigenvalue weighted by molar-refractivity contribution is 9.10. The zero-order valence-corrected chi connectivity index (χ0v) is 11.6. The molecule has 0 aliphatic heterocycles. The lowest BCUT2D eigenvalue weighted by atomic mass is 10.2. The van der Waals surface area contributed by atoms with Crippen molar-refractivity contribution < 1.29 is 18.0 Å². The Morgan fingerprint density at radius 2 is 1.94 bits per heavy atom. The molecule has 0 spiro atoms. The first-order chi connectivity index (χ1) is 7.70. The summed E-state index contributed by atoms with van der Waals surface area (Å²) in [6.07, 6.45) is -4.46. The molecule has 0 aliphatic rings. The molecule has 1 atom stereocenters. The van der Waals surface area contributed by atoms with Gasteiger partial charge in [0, 0.05) is 10.2 Å². The van der Waals surface area contributed by atoms with Gasteiger partial charge in [-0.15, -0.1) is 12.4 Å². The largest absolute Gasteiger partial charge is 0.416 e. The Morgan fingerprint density at radius 3 is 2.39 bits per heavy atom. The average molecular weight is 348 g/mol. The van der Waals surface area contributed by atoms with Crippen LogP contribution in [0.5, 0.6) is 0 Å². The number of hydrogen-bond donors (Lipinski definition) is 2. The standard InChI is InChI=1S/C10H10BrF3N2O.ClH/c1-5(15)9(17)16-8-3-6(10(12,13)14)2-7(11)4-8;/h2-5H,15H2,1H3,(H,16,17);1H/t5-;/m1./s1. The molecule has 18 heavy (non-hydrogen) atoms. The molecule has 0 aliphatic carbocycles. The third-order valence-corrected chi connectivity index (χ3v) is 2.36. The molecule has 1 aromatic carbocycles. The molecule has 1 aromatic rings. The maximum absolute atomic E-state index is 12.5. The highest BCUT2D eigenvalue weighted by Crippen LogP contribution is 2.33. The molecule has 0 fully saturated rings. The van der Waals surface area contributed by atoms with Gasteiger partial charge in [0.05, 0.1) is 11.6 Å². The molecule has 8 heteroatoms. The summed E-state index contributed by atoms with van der Waals surface area (Å²) in [6, 6.07) is 2.37. The lowest BCUT2D eigenvalue weighted by Crippen LogP contribution is -2.32. The topological polar surface area (TPSA) is 55.1 Å². The first-order valence-electron chi connectivity index (χ1n) is 4.64. The van der Waals surface area contributed by atoms with Gasteiger partial charge in [-0.1, -0.05) is 15.9 Å². The predicted octanol–water partition coefficient (Wildman–Crippen LogP) is 3.18. The fraction of sp³-hybridized carbons (Fsp3) is 0.300. The monoisotopic (exact) mass is 346 g/mol. The van der Waals surface area contributed by atoms with Crippen LogP contribution in [0.4, 0.5) is 18.9 Å². The van der Waals surface area contributed by atoms with Crippen LogP contribution in [-0.2, 0) is 11.0 Å². The summed E-state index contributed by atoms with van der Waals surface area (Å²) in [5.41, 5.74) is 4.51. The van der Waals surface area contributed by atoms with Crippen molar-refractivity contribution >= 4 is 39.9 Å². The highest BCUT2D eigenvalue weighted by Gasteiger charge is 2.31. The number of nitrogens with one attached hydrogen (secondary N) is 1. The second kappa shape index (κ2) is 6.40. The van der Waals surface area contributed by atoms with Crippen LogP contribution in [0.2, 0.25) is 0 Å². The van der Waals surface area contributed by atoms with Gasteiger partial charge in [0.2, 0.25) is 5.91 Å². The van der Waals surface area contributed by atoms with E-state index in [1.165, 1.54) is 13.0 Å². The van der Waals surface area contributed by atoms with E-state index < -0.39 is 23.7 Å². The first-order valence-corrected chi connectivity index (χ1v) is 5.43. The molecule has 1 amide bonds. The van der Waals surface area contributed by atoms with Crippen molar-refractivity contribution in [1.29, 1.82) is 0 Å². The number of hydrogen-bond acceptors (Lipinski definition) is 2. The Bertz CT molecular complexity index is 438. The molecule has 1 rings (SSSR count). The van der Waals surface area contributed by atoms with E-state index in [1.807, 2.05) is 0 Å². The zero-order chi connectivity index (χ0) is 13.2. The van der Waals surface area contributed by atoms with Crippen LogP contribution in [-0.4, -0.2) is 11.9 Å².